The quantitative estimate of drug-likeness (QED) is 0.851. The molecule has 0 spiro atoms. The van der Waals surface area contributed by atoms with Gasteiger partial charge in [0.25, 0.3) is 0 Å². The molecule has 1 N–H and O–H groups in total. The van der Waals surface area contributed by atoms with Gasteiger partial charge in [0.15, 0.2) is 0 Å². The van der Waals surface area contributed by atoms with Gasteiger partial charge in [0.2, 0.25) is 0 Å². The average Bonchev–Trinajstić information content (AvgIpc) is 2.96. The van der Waals surface area contributed by atoms with Crippen molar-refractivity contribution in [3.8, 4) is 5.75 Å². The highest BCUT2D eigenvalue weighted by Crippen LogP contribution is 2.34. The summed E-state index contributed by atoms with van der Waals surface area (Å²) in [6, 6.07) is 4.83. The van der Waals surface area contributed by atoms with Crippen molar-refractivity contribution in [3.05, 3.63) is 26.6 Å². The third kappa shape index (κ3) is 3.46. The molecule has 1 aromatic rings. The van der Waals surface area contributed by atoms with E-state index in [0.29, 0.717) is 12.6 Å². The molecule has 0 saturated heterocycles. The zero-order valence-corrected chi connectivity index (χ0v) is 13.3. The van der Waals surface area contributed by atoms with Crippen LogP contribution >= 0.6 is 31.9 Å². The second kappa shape index (κ2) is 5.72. The van der Waals surface area contributed by atoms with Crippen LogP contribution in [0.2, 0.25) is 0 Å². The summed E-state index contributed by atoms with van der Waals surface area (Å²) in [6.45, 7) is 5.84. The van der Waals surface area contributed by atoms with Gasteiger partial charge in [0.05, 0.1) is 11.1 Å². The minimum Gasteiger partial charge on any atom is -0.492 e. The van der Waals surface area contributed by atoms with Gasteiger partial charge < -0.3 is 10.1 Å². The Morgan fingerprint density at radius 1 is 1.41 bits per heavy atom. The van der Waals surface area contributed by atoms with Crippen LogP contribution in [0.4, 0.5) is 0 Å². The summed E-state index contributed by atoms with van der Waals surface area (Å²) in [5, 5.41) is 3.55. The van der Waals surface area contributed by atoms with Crippen LogP contribution in [0, 0.1) is 5.92 Å². The lowest BCUT2D eigenvalue weighted by Gasteiger charge is -2.13. The molecule has 0 radical (unpaired) electrons. The highest BCUT2D eigenvalue weighted by Gasteiger charge is 2.31. The van der Waals surface area contributed by atoms with E-state index in [9.17, 15) is 0 Å². The largest absolute Gasteiger partial charge is 0.492 e. The van der Waals surface area contributed by atoms with Crippen molar-refractivity contribution in [2.45, 2.75) is 32.9 Å². The van der Waals surface area contributed by atoms with Crippen molar-refractivity contribution in [3.63, 3.8) is 0 Å². The molecule has 1 aliphatic rings. The van der Waals surface area contributed by atoms with Crippen LogP contribution in [0.1, 0.15) is 25.8 Å². The second-order valence-electron chi connectivity index (χ2n) is 4.51. The maximum absolute atomic E-state index is 5.69. The van der Waals surface area contributed by atoms with Gasteiger partial charge in [0, 0.05) is 22.6 Å². The molecule has 0 aliphatic heterocycles. The van der Waals surface area contributed by atoms with Gasteiger partial charge >= 0.3 is 0 Å². The highest BCUT2D eigenvalue weighted by atomic mass is 79.9. The number of ether oxygens (including phenoxy) is 1. The Balaban J connectivity index is 2.11. The standard InChI is InChI=1S/C13H17Br2NO/c1-3-17-13-9(5-10(14)6-11(13)15)7-16-12-4-8(12)2/h5-6,8,12,16H,3-4,7H2,1-2H3. The summed E-state index contributed by atoms with van der Waals surface area (Å²) < 4.78 is 7.78. The molecule has 1 aromatic carbocycles. The Kier molecular flexibility index (Phi) is 4.50. The van der Waals surface area contributed by atoms with E-state index in [1.165, 1.54) is 12.0 Å². The summed E-state index contributed by atoms with van der Waals surface area (Å²) in [6.07, 6.45) is 1.29. The summed E-state index contributed by atoms with van der Waals surface area (Å²) in [7, 11) is 0. The van der Waals surface area contributed by atoms with Gasteiger partial charge in [-0.15, -0.1) is 0 Å². The Hall–Kier alpha value is -0.0600. The molecule has 4 heteroatoms. The molecule has 2 unspecified atom stereocenters. The smallest absolute Gasteiger partial charge is 0.138 e. The van der Waals surface area contributed by atoms with Crippen molar-refractivity contribution in [1.82, 2.24) is 5.32 Å². The monoisotopic (exact) mass is 361 g/mol. The van der Waals surface area contributed by atoms with Crippen molar-refractivity contribution in [2.75, 3.05) is 6.61 Å². The fraction of sp³-hybridized carbons (Fsp3) is 0.538. The van der Waals surface area contributed by atoms with Gasteiger partial charge in [-0.25, -0.2) is 0 Å². The normalized spacial score (nSPS) is 22.6. The van der Waals surface area contributed by atoms with Gasteiger partial charge in [0.1, 0.15) is 5.75 Å². The van der Waals surface area contributed by atoms with E-state index in [1.54, 1.807) is 0 Å². The first-order valence-corrected chi connectivity index (χ1v) is 7.54. The fourth-order valence-corrected chi connectivity index (χ4v) is 3.33. The van der Waals surface area contributed by atoms with Gasteiger partial charge in [-0.1, -0.05) is 22.9 Å². The van der Waals surface area contributed by atoms with Crippen molar-refractivity contribution in [2.24, 2.45) is 5.92 Å². The van der Waals surface area contributed by atoms with Crippen LogP contribution in [-0.2, 0) is 6.54 Å². The molecule has 2 rings (SSSR count). The molecule has 1 aliphatic carbocycles. The number of benzene rings is 1. The molecule has 0 heterocycles. The molecular formula is C13H17Br2NO. The van der Waals surface area contributed by atoms with E-state index >= 15 is 0 Å². The highest BCUT2D eigenvalue weighted by molar-refractivity contribution is 9.11. The van der Waals surface area contributed by atoms with E-state index in [2.05, 4.69) is 50.2 Å². The number of rotatable bonds is 5. The third-order valence-electron chi connectivity index (χ3n) is 3.04. The Morgan fingerprint density at radius 3 is 2.71 bits per heavy atom. The molecule has 1 fully saturated rings. The first-order chi connectivity index (χ1) is 8.11. The maximum atomic E-state index is 5.69. The molecule has 0 bridgehead atoms. The van der Waals surface area contributed by atoms with E-state index in [-0.39, 0.29) is 0 Å². The summed E-state index contributed by atoms with van der Waals surface area (Å²) in [4.78, 5) is 0. The minimum atomic E-state index is 0.683. The summed E-state index contributed by atoms with van der Waals surface area (Å²) in [5.74, 6) is 1.78. The molecule has 2 nitrogen and oxygen atoms in total. The Labute approximate surface area is 119 Å². The summed E-state index contributed by atoms with van der Waals surface area (Å²) in [5.41, 5.74) is 1.20. The molecule has 0 amide bonds. The van der Waals surface area contributed by atoms with Crippen LogP contribution in [0.25, 0.3) is 0 Å². The van der Waals surface area contributed by atoms with E-state index in [1.807, 2.05) is 13.0 Å². The van der Waals surface area contributed by atoms with E-state index in [0.717, 1.165) is 27.2 Å². The second-order valence-corrected chi connectivity index (χ2v) is 6.28. The fourth-order valence-electron chi connectivity index (χ4n) is 1.90. The SMILES string of the molecule is CCOc1c(Br)cc(Br)cc1CNC1CC1C. The Morgan fingerprint density at radius 2 is 2.12 bits per heavy atom. The first kappa shape index (κ1) is 13.4. The lowest BCUT2D eigenvalue weighted by atomic mass is 10.2. The van der Waals surface area contributed by atoms with Crippen LogP contribution < -0.4 is 10.1 Å². The lowest BCUT2D eigenvalue weighted by Crippen LogP contribution is -2.17. The maximum Gasteiger partial charge on any atom is 0.138 e. The average molecular weight is 363 g/mol. The van der Waals surface area contributed by atoms with Gasteiger partial charge in [-0.05, 0) is 47.3 Å². The van der Waals surface area contributed by atoms with Crippen LogP contribution in [0.3, 0.4) is 0 Å². The molecular weight excluding hydrogens is 346 g/mol. The van der Waals surface area contributed by atoms with Crippen LogP contribution in [-0.4, -0.2) is 12.6 Å². The van der Waals surface area contributed by atoms with Crippen molar-refractivity contribution < 1.29 is 4.74 Å². The topological polar surface area (TPSA) is 21.3 Å². The zero-order valence-electron chi connectivity index (χ0n) is 10.1. The van der Waals surface area contributed by atoms with E-state index < -0.39 is 0 Å². The molecule has 17 heavy (non-hydrogen) atoms. The number of hydrogen-bond donors (Lipinski definition) is 1. The molecule has 0 aromatic heterocycles. The first-order valence-electron chi connectivity index (χ1n) is 5.96. The lowest BCUT2D eigenvalue weighted by molar-refractivity contribution is 0.333. The predicted molar refractivity (Wildman–Crippen MR) is 77.4 cm³/mol. The summed E-state index contributed by atoms with van der Waals surface area (Å²) >= 11 is 7.07. The van der Waals surface area contributed by atoms with E-state index in [4.69, 9.17) is 4.74 Å². The third-order valence-corrected chi connectivity index (χ3v) is 4.09. The van der Waals surface area contributed by atoms with Crippen LogP contribution in [0.5, 0.6) is 5.75 Å². The van der Waals surface area contributed by atoms with Crippen molar-refractivity contribution >= 4 is 31.9 Å². The molecule has 2 atom stereocenters. The zero-order chi connectivity index (χ0) is 12.4. The molecule has 1 saturated carbocycles. The molecule has 94 valence electrons. The minimum absolute atomic E-state index is 0.683. The Bertz CT molecular complexity index is 409. The number of hydrogen-bond acceptors (Lipinski definition) is 2. The predicted octanol–water partition coefficient (Wildman–Crippen LogP) is 4.11. The van der Waals surface area contributed by atoms with Gasteiger partial charge in [-0.2, -0.15) is 0 Å². The number of halogens is 2. The van der Waals surface area contributed by atoms with Crippen LogP contribution in [0.15, 0.2) is 21.1 Å². The van der Waals surface area contributed by atoms with Crippen molar-refractivity contribution in [1.29, 1.82) is 0 Å². The number of nitrogens with one attached hydrogen (secondary N) is 1. The van der Waals surface area contributed by atoms with Gasteiger partial charge in [-0.3, -0.25) is 0 Å².